The van der Waals surface area contributed by atoms with Crippen LogP contribution in [-0.2, 0) is 4.74 Å². The molecule has 360 valence electrons. The molecule has 1 saturated heterocycles. The summed E-state index contributed by atoms with van der Waals surface area (Å²) in [4.78, 5) is 31.3. The summed E-state index contributed by atoms with van der Waals surface area (Å²) in [5, 5.41) is 12.4. The molecule has 2 unspecified atom stereocenters. The van der Waals surface area contributed by atoms with E-state index in [2.05, 4.69) is 145 Å². The first-order chi connectivity index (χ1) is 35.0. The minimum atomic E-state index is -0.0552. The molecule has 2 atom stereocenters. The monoisotopic (exact) mass is 952 g/mol. The first-order valence-electron chi connectivity index (χ1n) is 24.5. The molecule has 11 rings (SSSR count). The van der Waals surface area contributed by atoms with Gasteiger partial charge in [-0.3, -0.25) is 0 Å². The summed E-state index contributed by atoms with van der Waals surface area (Å²) in [5.74, 6) is 4.57. The molecular weight excluding hydrogens is 897 g/mol. The maximum atomic E-state index is 6.38. The third-order valence-corrected chi connectivity index (χ3v) is 13.6. The van der Waals surface area contributed by atoms with E-state index >= 15 is 0 Å². The van der Waals surface area contributed by atoms with Crippen LogP contribution in [-0.4, -0.2) is 63.3 Å². The summed E-state index contributed by atoms with van der Waals surface area (Å²) in [6, 6.07) is 38.0. The van der Waals surface area contributed by atoms with Gasteiger partial charge in [0.15, 0.2) is 0 Å². The fourth-order valence-electron chi connectivity index (χ4n) is 9.63. The van der Waals surface area contributed by atoms with Crippen molar-refractivity contribution in [2.45, 2.75) is 53.6 Å². The van der Waals surface area contributed by atoms with Crippen molar-refractivity contribution >= 4 is 45.2 Å². The number of aryl methyl sites for hydroxylation is 4. The third-order valence-electron chi connectivity index (χ3n) is 13.6. The van der Waals surface area contributed by atoms with E-state index in [1.165, 1.54) is 0 Å². The number of hydrogen-bond acceptors (Lipinski definition) is 13. The number of nitrogens with one attached hydrogen (secondary N) is 3. The lowest BCUT2D eigenvalue weighted by Crippen LogP contribution is -2.36. The van der Waals surface area contributed by atoms with Crippen LogP contribution < -0.4 is 20.9 Å². The van der Waals surface area contributed by atoms with Gasteiger partial charge in [-0.15, -0.1) is 0 Å². The fourth-order valence-corrected chi connectivity index (χ4v) is 9.63. The van der Waals surface area contributed by atoms with E-state index in [1.54, 1.807) is 0 Å². The first-order valence-corrected chi connectivity index (χ1v) is 24.5. The third kappa shape index (κ3) is 9.34. The Hall–Kier alpha value is -8.42. The highest BCUT2D eigenvalue weighted by Crippen LogP contribution is 2.43. The molecule has 13 heteroatoms. The molecule has 7 heterocycles. The molecule has 4 aromatic carbocycles. The van der Waals surface area contributed by atoms with Crippen LogP contribution in [0.4, 0.5) is 23.3 Å². The molecule has 13 nitrogen and oxygen atoms in total. The summed E-state index contributed by atoms with van der Waals surface area (Å²) in [6.45, 7) is 15.4. The number of fused-ring (bicyclic) bond motifs is 2. The second-order valence-corrected chi connectivity index (χ2v) is 18.7. The molecule has 0 amide bonds. The molecule has 1 aliphatic rings. The van der Waals surface area contributed by atoms with Crippen molar-refractivity contribution in [3.63, 3.8) is 0 Å². The molecule has 10 aromatic rings. The van der Waals surface area contributed by atoms with Crippen LogP contribution in [0.3, 0.4) is 0 Å². The van der Waals surface area contributed by atoms with Crippen LogP contribution in [0.15, 0.2) is 143 Å². The van der Waals surface area contributed by atoms with Gasteiger partial charge in [0.25, 0.3) is 0 Å². The van der Waals surface area contributed by atoms with Crippen molar-refractivity contribution in [3.05, 3.63) is 168 Å². The molecule has 0 spiro atoms. The molecule has 3 N–H and O–H groups in total. The number of anilines is 4. The van der Waals surface area contributed by atoms with E-state index in [0.29, 0.717) is 11.6 Å². The van der Waals surface area contributed by atoms with Crippen molar-refractivity contribution in [1.82, 2.24) is 29.9 Å². The Morgan fingerprint density at radius 1 is 0.514 bits per heavy atom. The normalized spacial score (nSPS) is 13.6. The number of rotatable bonds is 13. The van der Waals surface area contributed by atoms with Gasteiger partial charge in [0.1, 0.15) is 46.1 Å². The lowest BCUT2D eigenvalue weighted by molar-refractivity contribution is 0.122. The zero-order valence-corrected chi connectivity index (χ0v) is 41.5. The predicted molar refractivity (Wildman–Crippen MR) is 288 cm³/mol. The number of aromatic nitrogens is 6. The number of furan rings is 2. The average Bonchev–Trinajstić information content (AvgIpc) is 3.99. The Bertz CT molecular complexity index is 3600. The minimum absolute atomic E-state index is 0.0490. The second kappa shape index (κ2) is 19.4. The molecule has 0 aliphatic carbocycles. The predicted octanol–water partition coefficient (Wildman–Crippen LogP) is 13.3. The van der Waals surface area contributed by atoms with Crippen LogP contribution in [0, 0.1) is 27.7 Å². The van der Waals surface area contributed by atoms with E-state index in [1.807, 2.05) is 64.0 Å². The molecule has 0 saturated carbocycles. The Morgan fingerprint density at radius 2 is 1.03 bits per heavy atom. The Morgan fingerprint density at radius 3 is 1.50 bits per heavy atom. The Labute approximate surface area is 418 Å². The highest BCUT2D eigenvalue weighted by atomic mass is 16.5. The number of morpholine rings is 1. The molecular formula is C59H56N10O3. The standard InChI is InChI=1S/C59H56N10O3/c1-34-32-71-58-48(34)24-46(52-28-55(67-38(5)65-52)63-36(3)40-10-8-12-42(22-40)44-14-16-54(60-7)61-30-44)26-50(58)51-27-47(25-49-35(2)33-72-59(49)51)53-29-56(68-39(6)66-53)64-37(4)41-11-9-13-43(23-41)45-15-17-57(62-31-45)69-18-20-70-21-19-69/h8-17,22-33,36-37H,18-21H2,1-7H3,(H,60,61)(H,63,65,67)(H,64,66,68). The largest absolute Gasteiger partial charge is 0.463 e. The lowest BCUT2D eigenvalue weighted by Gasteiger charge is -2.27. The van der Waals surface area contributed by atoms with Gasteiger partial charge in [0.2, 0.25) is 0 Å². The number of hydrogen-bond donors (Lipinski definition) is 3. The van der Waals surface area contributed by atoms with Crippen molar-refractivity contribution in [1.29, 1.82) is 0 Å². The first kappa shape index (κ1) is 46.0. The zero-order valence-electron chi connectivity index (χ0n) is 41.5. The van der Waals surface area contributed by atoms with Crippen LogP contribution >= 0.6 is 0 Å². The van der Waals surface area contributed by atoms with E-state index < -0.39 is 0 Å². The average molecular weight is 953 g/mol. The van der Waals surface area contributed by atoms with Crippen LogP contribution in [0.25, 0.3) is 77.8 Å². The van der Waals surface area contributed by atoms with Crippen LogP contribution in [0.2, 0.25) is 0 Å². The van der Waals surface area contributed by atoms with Crippen molar-refractivity contribution in [2.75, 3.05) is 54.2 Å². The van der Waals surface area contributed by atoms with Gasteiger partial charge in [-0.2, -0.15) is 0 Å². The molecule has 6 aromatic heterocycles. The van der Waals surface area contributed by atoms with Crippen LogP contribution in [0.5, 0.6) is 0 Å². The van der Waals surface area contributed by atoms with Crippen LogP contribution in [0.1, 0.15) is 59.8 Å². The van der Waals surface area contributed by atoms with Gasteiger partial charge in [-0.1, -0.05) is 36.4 Å². The number of nitrogens with zero attached hydrogens (tertiary/aromatic N) is 7. The van der Waals surface area contributed by atoms with Gasteiger partial charge in [0, 0.05) is 101 Å². The molecule has 72 heavy (non-hydrogen) atoms. The van der Waals surface area contributed by atoms with Gasteiger partial charge >= 0.3 is 0 Å². The minimum Gasteiger partial charge on any atom is -0.463 e. The maximum Gasteiger partial charge on any atom is 0.142 e. The lowest BCUT2D eigenvalue weighted by atomic mass is 9.94. The smallest absolute Gasteiger partial charge is 0.142 e. The summed E-state index contributed by atoms with van der Waals surface area (Å²) in [7, 11) is 1.87. The molecule has 0 radical (unpaired) electrons. The summed E-state index contributed by atoms with van der Waals surface area (Å²) < 4.78 is 18.3. The van der Waals surface area contributed by atoms with Crippen molar-refractivity contribution in [3.8, 4) is 55.9 Å². The maximum absolute atomic E-state index is 6.38. The van der Waals surface area contributed by atoms with E-state index in [-0.39, 0.29) is 12.1 Å². The van der Waals surface area contributed by atoms with E-state index in [9.17, 15) is 0 Å². The van der Waals surface area contributed by atoms with Gasteiger partial charge in [-0.25, -0.2) is 29.9 Å². The Kier molecular flexibility index (Phi) is 12.4. The highest BCUT2D eigenvalue weighted by Gasteiger charge is 2.22. The molecule has 1 fully saturated rings. The summed E-state index contributed by atoms with van der Waals surface area (Å²) in [5.41, 5.74) is 15.3. The van der Waals surface area contributed by atoms with Crippen molar-refractivity contribution < 1.29 is 13.6 Å². The highest BCUT2D eigenvalue weighted by molar-refractivity contribution is 6.06. The summed E-state index contributed by atoms with van der Waals surface area (Å²) in [6.07, 6.45) is 7.48. The number of ether oxygens (including phenoxy) is 1. The fraction of sp³-hybridized carbons (Fsp3) is 0.220. The SMILES string of the molecule is CNc1ccc(-c2cccc(C(C)Nc3cc(-c4cc(-c5cc(-c6cc(NC(C)c7cccc(-c8ccc(N9CCOCC9)nc8)c7)nc(C)n6)cc6c(C)coc56)c5occ(C)c5c4)nc(C)n3)c2)cn1. The number of benzene rings is 4. The summed E-state index contributed by atoms with van der Waals surface area (Å²) >= 11 is 0. The molecule has 1 aliphatic heterocycles. The van der Waals surface area contributed by atoms with Crippen molar-refractivity contribution in [2.24, 2.45) is 0 Å². The quantitative estimate of drug-likeness (QED) is 0.101. The second-order valence-electron chi connectivity index (χ2n) is 18.7. The van der Waals surface area contributed by atoms with Gasteiger partial charge in [-0.05, 0) is 136 Å². The van der Waals surface area contributed by atoms with Gasteiger partial charge in [0.05, 0.1) is 37.1 Å². The zero-order chi connectivity index (χ0) is 49.5. The molecule has 0 bridgehead atoms. The topological polar surface area (TPSA) is 152 Å². The van der Waals surface area contributed by atoms with E-state index in [0.717, 1.165) is 150 Å². The van der Waals surface area contributed by atoms with Gasteiger partial charge < -0.3 is 34.4 Å². The number of pyridine rings is 2. The Balaban J connectivity index is 0.899. The van der Waals surface area contributed by atoms with E-state index in [4.69, 9.17) is 38.5 Å².